The Bertz CT molecular complexity index is 345. The van der Waals surface area contributed by atoms with Gasteiger partial charge < -0.3 is 10.6 Å². The minimum absolute atomic E-state index is 0. The van der Waals surface area contributed by atoms with Gasteiger partial charge in [-0.2, -0.15) is 11.8 Å². The second-order valence-corrected chi connectivity index (χ2v) is 7.02. The predicted molar refractivity (Wildman–Crippen MR) is 76.9 cm³/mol. The molecule has 0 aromatic rings. The first-order valence-corrected chi connectivity index (χ1v) is 8.29. The predicted octanol–water partition coefficient (Wildman–Crippen LogP) is -0.878. The normalized spacial score (nSPS) is 16.9. The lowest BCUT2D eigenvalue weighted by molar-refractivity contribution is -0.120. The Kier molecular flexibility index (Phi) is 8.97. The van der Waals surface area contributed by atoms with E-state index in [1.165, 1.54) is 4.31 Å². The molecule has 1 rings (SSSR count). The minimum Gasteiger partial charge on any atom is -0.354 e. The van der Waals surface area contributed by atoms with Crippen molar-refractivity contribution < 1.29 is 13.2 Å². The van der Waals surface area contributed by atoms with Crippen molar-refractivity contribution in [1.29, 1.82) is 0 Å². The molecular formula is C9H20ClN3O3S2. The Labute approximate surface area is 119 Å². The Morgan fingerprint density at radius 2 is 1.94 bits per heavy atom. The van der Waals surface area contributed by atoms with Crippen molar-refractivity contribution in [1.82, 2.24) is 14.9 Å². The number of rotatable bonds is 6. The molecule has 6 nitrogen and oxygen atoms in total. The van der Waals surface area contributed by atoms with Crippen LogP contribution in [0.4, 0.5) is 0 Å². The van der Waals surface area contributed by atoms with Crippen LogP contribution in [0.1, 0.15) is 0 Å². The van der Waals surface area contributed by atoms with E-state index in [-0.39, 0.29) is 37.2 Å². The Hall–Kier alpha value is -0.0200. The summed E-state index contributed by atoms with van der Waals surface area (Å²) in [4.78, 5) is 11.1. The highest BCUT2D eigenvalue weighted by Crippen LogP contribution is 2.12. The first kappa shape index (κ1) is 18.0. The summed E-state index contributed by atoms with van der Waals surface area (Å²) >= 11 is 1.77. The van der Waals surface area contributed by atoms with Gasteiger partial charge in [0.05, 0.1) is 12.3 Å². The summed E-state index contributed by atoms with van der Waals surface area (Å²) in [5.41, 5.74) is 0. The molecule has 0 bridgehead atoms. The van der Waals surface area contributed by atoms with Crippen LogP contribution in [-0.4, -0.2) is 69.1 Å². The summed E-state index contributed by atoms with van der Waals surface area (Å²) in [5.74, 6) is 1.50. The van der Waals surface area contributed by atoms with E-state index in [2.05, 4.69) is 10.6 Å². The van der Waals surface area contributed by atoms with Crippen LogP contribution in [0.2, 0.25) is 0 Å². The summed E-state index contributed by atoms with van der Waals surface area (Å²) in [5, 5.41) is 5.27. The van der Waals surface area contributed by atoms with E-state index >= 15 is 0 Å². The average Bonchev–Trinajstić information content (AvgIpc) is 2.30. The quantitative estimate of drug-likeness (QED) is 0.665. The number of halogens is 1. The monoisotopic (exact) mass is 317 g/mol. The van der Waals surface area contributed by atoms with Gasteiger partial charge in [-0.25, -0.2) is 12.7 Å². The van der Waals surface area contributed by atoms with Gasteiger partial charge in [0.2, 0.25) is 15.9 Å². The molecule has 0 aromatic carbocycles. The lowest BCUT2D eigenvalue weighted by atomic mass is 10.5. The third-order valence-electron chi connectivity index (χ3n) is 2.38. The molecule has 0 saturated carbocycles. The van der Waals surface area contributed by atoms with Crippen LogP contribution in [0.25, 0.3) is 0 Å². The molecule has 1 aliphatic rings. The van der Waals surface area contributed by atoms with Gasteiger partial charge in [-0.05, 0) is 7.05 Å². The standard InChI is InChI=1S/C9H19N3O3S2.ClH/c1-10-8-9(13)11-2-7-17(14,15)12-3-5-16-6-4-12;/h10H,2-8H2,1H3,(H,11,13);1H. The van der Waals surface area contributed by atoms with Gasteiger partial charge in [0.25, 0.3) is 0 Å². The molecule has 2 N–H and O–H groups in total. The number of amides is 1. The second kappa shape index (κ2) is 8.98. The molecule has 1 fully saturated rings. The smallest absolute Gasteiger partial charge is 0.233 e. The van der Waals surface area contributed by atoms with Gasteiger partial charge >= 0.3 is 0 Å². The molecule has 9 heteroatoms. The zero-order valence-corrected chi connectivity index (χ0v) is 12.8. The van der Waals surface area contributed by atoms with E-state index in [9.17, 15) is 13.2 Å². The van der Waals surface area contributed by atoms with E-state index < -0.39 is 10.0 Å². The summed E-state index contributed by atoms with van der Waals surface area (Å²) in [6, 6.07) is 0. The van der Waals surface area contributed by atoms with Gasteiger partial charge in [-0.15, -0.1) is 12.4 Å². The lowest BCUT2D eigenvalue weighted by Gasteiger charge is -2.25. The van der Waals surface area contributed by atoms with E-state index in [0.717, 1.165) is 11.5 Å². The third-order valence-corrected chi connectivity index (χ3v) is 5.20. The molecule has 1 heterocycles. The number of likely N-dealkylation sites (N-methyl/N-ethyl adjacent to an activating group) is 1. The van der Waals surface area contributed by atoms with Gasteiger partial charge in [0.15, 0.2) is 0 Å². The molecule has 0 unspecified atom stereocenters. The number of sulfonamides is 1. The first-order chi connectivity index (χ1) is 8.06. The van der Waals surface area contributed by atoms with Gasteiger partial charge in [0.1, 0.15) is 0 Å². The fourth-order valence-corrected chi connectivity index (χ4v) is 3.99. The Balaban J connectivity index is 0.00000289. The molecule has 0 radical (unpaired) electrons. The highest BCUT2D eigenvalue weighted by atomic mass is 35.5. The molecular weight excluding hydrogens is 298 g/mol. The number of nitrogens with zero attached hydrogens (tertiary/aromatic N) is 1. The molecule has 108 valence electrons. The third kappa shape index (κ3) is 6.24. The molecule has 1 amide bonds. The van der Waals surface area contributed by atoms with E-state index in [0.29, 0.717) is 13.1 Å². The van der Waals surface area contributed by atoms with Crippen LogP contribution in [0.3, 0.4) is 0 Å². The summed E-state index contributed by atoms with van der Waals surface area (Å²) in [7, 11) is -1.54. The number of thioether (sulfide) groups is 1. The number of carbonyl (C=O) groups excluding carboxylic acids is 1. The maximum Gasteiger partial charge on any atom is 0.233 e. The highest BCUT2D eigenvalue weighted by Gasteiger charge is 2.23. The molecule has 1 saturated heterocycles. The Morgan fingerprint density at radius 3 is 2.50 bits per heavy atom. The molecule has 0 atom stereocenters. The number of nitrogens with one attached hydrogen (secondary N) is 2. The zero-order chi connectivity index (χ0) is 12.7. The van der Waals surface area contributed by atoms with E-state index in [4.69, 9.17) is 0 Å². The largest absolute Gasteiger partial charge is 0.354 e. The number of hydrogen-bond donors (Lipinski definition) is 2. The first-order valence-electron chi connectivity index (χ1n) is 5.53. The second-order valence-electron chi connectivity index (χ2n) is 3.71. The van der Waals surface area contributed by atoms with Crippen molar-refractivity contribution in [2.45, 2.75) is 0 Å². The topological polar surface area (TPSA) is 78.5 Å². The SMILES string of the molecule is CNCC(=O)NCCS(=O)(=O)N1CCSCC1.Cl. The summed E-state index contributed by atoms with van der Waals surface area (Å²) < 4.78 is 25.3. The van der Waals surface area contributed by atoms with Crippen molar-refractivity contribution in [3.8, 4) is 0 Å². The minimum atomic E-state index is -3.21. The van der Waals surface area contributed by atoms with Crippen molar-refractivity contribution in [3.05, 3.63) is 0 Å². The number of carbonyl (C=O) groups is 1. The van der Waals surface area contributed by atoms with E-state index in [1.54, 1.807) is 18.8 Å². The fourth-order valence-electron chi connectivity index (χ4n) is 1.50. The molecule has 18 heavy (non-hydrogen) atoms. The molecule has 0 aromatic heterocycles. The van der Waals surface area contributed by atoms with Gasteiger partial charge in [-0.1, -0.05) is 0 Å². The van der Waals surface area contributed by atoms with Crippen LogP contribution < -0.4 is 10.6 Å². The van der Waals surface area contributed by atoms with Crippen LogP contribution in [0.15, 0.2) is 0 Å². The van der Waals surface area contributed by atoms with Gasteiger partial charge in [0, 0.05) is 31.1 Å². The van der Waals surface area contributed by atoms with Crippen molar-refractivity contribution in [2.75, 3.05) is 50.5 Å². The van der Waals surface area contributed by atoms with E-state index in [1.807, 2.05) is 0 Å². The van der Waals surface area contributed by atoms with Crippen molar-refractivity contribution in [3.63, 3.8) is 0 Å². The zero-order valence-electron chi connectivity index (χ0n) is 10.3. The van der Waals surface area contributed by atoms with Crippen LogP contribution >= 0.6 is 24.2 Å². The molecule has 0 spiro atoms. The average molecular weight is 318 g/mol. The van der Waals surface area contributed by atoms with Crippen molar-refractivity contribution >= 4 is 40.1 Å². The van der Waals surface area contributed by atoms with Crippen LogP contribution in [0, 0.1) is 0 Å². The Morgan fingerprint density at radius 1 is 1.33 bits per heavy atom. The summed E-state index contributed by atoms with van der Waals surface area (Å²) in [6.07, 6.45) is 0. The molecule has 1 aliphatic heterocycles. The summed E-state index contributed by atoms with van der Waals surface area (Å²) in [6.45, 7) is 1.54. The van der Waals surface area contributed by atoms with Crippen LogP contribution in [0.5, 0.6) is 0 Å². The maximum atomic E-state index is 11.9. The highest BCUT2D eigenvalue weighted by molar-refractivity contribution is 7.99. The van der Waals surface area contributed by atoms with Crippen molar-refractivity contribution in [2.24, 2.45) is 0 Å². The fraction of sp³-hybridized carbons (Fsp3) is 0.889. The molecule has 0 aliphatic carbocycles. The number of hydrogen-bond acceptors (Lipinski definition) is 5. The van der Waals surface area contributed by atoms with Gasteiger partial charge in [-0.3, -0.25) is 4.79 Å². The lowest BCUT2D eigenvalue weighted by Crippen LogP contribution is -2.42. The maximum absolute atomic E-state index is 11.9. The van der Waals surface area contributed by atoms with Crippen LogP contribution in [-0.2, 0) is 14.8 Å².